The Kier molecular flexibility index (Phi) is 6.67. The molecule has 3 aromatic carbocycles. The number of benzene rings is 3. The monoisotopic (exact) mass is 477 g/mol. The Bertz CT molecular complexity index is 1420. The summed E-state index contributed by atoms with van der Waals surface area (Å²) in [5.74, 6) is 1.11. The second-order valence-electron chi connectivity index (χ2n) is 8.15. The lowest BCUT2D eigenvalue weighted by molar-refractivity contribution is 0.477. The Morgan fingerprint density at radius 2 is 1.71 bits per heavy atom. The van der Waals surface area contributed by atoms with Crippen LogP contribution in [0.5, 0.6) is 5.75 Å². The zero-order valence-electron chi connectivity index (χ0n) is 19.0. The van der Waals surface area contributed by atoms with Crippen LogP contribution in [-0.2, 0) is 10.0 Å². The van der Waals surface area contributed by atoms with Crippen LogP contribution in [0.1, 0.15) is 13.3 Å². The minimum Gasteiger partial charge on any atom is -0.507 e. The van der Waals surface area contributed by atoms with E-state index in [1.54, 1.807) is 24.3 Å². The number of nitrogens with one attached hydrogen (secondary N) is 2. The second-order valence-corrected chi connectivity index (χ2v) is 9.89. The van der Waals surface area contributed by atoms with Crippen molar-refractivity contribution < 1.29 is 13.5 Å². The molecular weight excluding hydrogens is 450 g/mol. The van der Waals surface area contributed by atoms with E-state index in [-0.39, 0.29) is 11.8 Å². The van der Waals surface area contributed by atoms with E-state index in [0.29, 0.717) is 29.4 Å². The maximum Gasteiger partial charge on any atom is 0.229 e. The smallest absolute Gasteiger partial charge is 0.229 e. The largest absolute Gasteiger partial charge is 0.507 e. The molecule has 34 heavy (non-hydrogen) atoms. The molecule has 0 unspecified atom stereocenters. The van der Waals surface area contributed by atoms with Gasteiger partial charge in [-0.05, 0) is 53.9 Å². The summed E-state index contributed by atoms with van der Waals surface area (Å²) in [6.45, 7) is 2.60. The standard InChI is InChI=1S/C25H27N5O3S/c1-3-18(26)15-27-24-20-6-4-5-7-22(20)28-25(29-24)21-14-17(10-13-23(21)31)16-8-11-19(12-9-16)30-34(2,32)33/h4-14,18,30-31H,3,15,26H2,1-2H3,(H,27,28,29)/t18-/m0/s1. The Morgan fingerprint density at radius 3 is 2.41 bits per heavy atom. The number of rotatable bonds is 8. The highest BCUT2D eigenvalue weighted by Crippen LogP contribution is 2.34. The number of fused-ring (bicyclic) bond motifs is 1. The van der Waals surface area contributed by atoms with E-state index in [1.165, 1.54) is 0 Å². The summed E-state index contributed by atoms with van der Waals surface area (Å²) >= 11 is 0. The molecule has 1 heterocycles. The molecule has 9 heteroatoms. The fraction of sp³-hybridized carbons (Fsp3) is 0.200. The van der Waals surface area contributed by atoms with Gasteiger partial charge in [-0.1, -0.05) is 37.3 Å². The third kappa shape index (κ3) is 5.44. The lowest BCUT2D eigenvalue weighted by atomic mass is 10.0. The number of anilines is 2. The van der Waals surface area contributed by atoms with Crippen LogP contribution in [0.3, 0.4) is 0 Å². The number of phenolic OH excluding ortho intramolecular Hbond substituents is 1. The van der Waals surface area contributed by atoms with Gasteiger partial charge in [0, 0.05) is 23.7 Å². The van der Waals surface area contributed by atoms with Crippen LogP contribution in [0, 0.1) is 0 Å². The van der Waals surface area contributed by atoms with Crippen LogP contribution in [0.2, 0.25) is 0 Å². The summed E-state index contributed by atoms with van der Waals surface area (Å²) in [4.78, 5) is 9.40. The normalized spacial score (nSPS) is 12.4. The van der Waals surface area contributed by atoms with Gasteiger partial charge in [-0.25, -0.2) is 18.4 Å². The molecule has 0 fully saturated rings. The fourth-order valence-corrected chi connectivity index (χ4v) is 4.11. The number of aromatic hydroxyl groups is 1. The van der Waals surface area contributed by atoms with E-state index in [9.17, 15) is 13.5 Å². The maximum absolute atomic E-state index is 11.5. The maximum atomic E-state index is 11.5. The van der Waals surface area contributed by atoms with Gasteiger partial charge in [-0.3, -0.25) is 4.72 Å². The van der Waals surface area contributed by atoms with Crippen molar-refractivity contribution in [1.29, 1.82) is 0 Å². The van der Waals surface area contributed by atoms with E-state index in [0.717, 1.165) is 34.7 Å². The summed E-state index contributed by atoms with van der Waals surface area (Å²) in [6.07, 6.45) is 1.94. The molecule has 0 radical (unpaired) electrons. The lowest BCUT2D eigenvalue weighted by Gasteiger charge is -2.15. The van der Waals surface area contributed by atoms with Crippen LogP contribution >= 0.6 is 0 Å². The minimum atomic E-state index is -3.35. The number of hydrogen-bond donors (Lipinski definition) is 4. The highest BCUT2D eigenvalue weighted by atomic mass is 32.2. The van der Waals surface area contributed by atoms with Gasteiger partial charge in [-0.2, -0.15) is 0 Å². The predicted molar refractivity (Wildman–Crippen MR) is 137 cm³/mol. The van der Waals surface area contributed by atoms with Gasteiger partial charge in [0.2, 0.25) is 10.0 Å². The molecule has 0 aliphatic carbocycles. The highest BCUT2D eigenvalue weighted by Gasteiger charge is 2.14. The molecule has 8 nitrogen and oxygen atoms in total. The Morgan fingerprint density at radius 1 is 1.00 bits per heavy atom. The van der Waals surface area contributed by atoms with Crippen molar-refractivity contribution in [3.63, 3.8) is 0 Å². The third-order valence-electron chi connectivity index (χ3n) is 5.42. The summed E-state index contributed by atoms with van der Waals surface area (Å²) in [5, 5.41) is 14.8. The SMILES string of the molecule is CC[C@H](N)CNc1nc(-c2cc(-c3ccc(NS(C)(=O)=O)cc3)ccc2O)nc2ccccc12. The Labute approximate surface area is 198 Å². The van der Waals surface area contributed by atoms with Gasteiger partial charge < -0.3 is 16.2 Å². The number of phenols is 1. The zero-order chi connectivity index (χ0) is 24.3. The van der Waals surface area contributed by atoms with Gasteiger partial charge >= 0.3 is 0 Å². The summed E-state index contributed by atoms with van der Waals surface area (Å²) < 4.78 is 25.4. The van der Waals surface area contributed by atoms with Gasteiger partial charge in [0.1, 0.15) is 11.6 Å². The molecule has 1 atom stereocenters. The van der Waals surface area contributed by atoms with E-state index < -0.39 is 10.0 Å². The molecular formula is C25H27N5O3S. The Hall–Kier alpha value is -3.69. The van der Waals surface area contributed by atoms with Crippen molar-refractivity contribution >= 4 is 32.4 Å². The first kappa shape index (κ1) is 23.5. The van der Waals surface area contributed by atoms with E-state index in [2.05, 4.69) is 15.0 Å². The molecule has 4 rings (SSSR count). The van der Waals surface area contributed by atoms with Gasteiger partial charge in [-0.15, -0.1) is 0 Å². The van der Waals surface area contributed by atoms with Crippen LogP contribution < -0.4 is 15.8 Å². The van der Waals surface area contributed by atoms with Crippen LogP contribution in [0.4, 0.5) is 11.5 Å². The predicted octanol–water partition coefficient (Wildman–Crippen LogP) is 4.19. The van der Waals surface area contributed by atoms with Gasteiger partial charge in [0.15, 0.2) is 5.82 Å². The highest BCUT2D eigenvalue weighted by molar-refractivity contribution is 7.92. The summed E-state index contributed by atoms with van der Waals surface area (Å²) in [6, 6.07) is 19.9. The van der Waals surface area contributed by atoms with E-state index in [4.69, 9.17) is 10.7 Å². The fourth-order valence-electron chi connectivity index (χ4n) is 3.54. The van der Waals surface area contributed by atoms with E-state index >= 15 is 0 Å². The number of nitrogens with two attached hydrogens (primary N) is 1. The van der Waals surface area contributed by atoms with Crippen LogP contribution in [-0.4, -0.2) is 42.3 Å². The number of nitrogens with zero attached hydrogens (tertiary/aromatic N) is 2. The average molecular weight is 478 g/mol. The molecule has 0 saturated heterocycles. The van der Waals surface area contributed by atoms with Gasteiger partial charge in [0.25, 0.3) is 0 Å². The number of hydrogen-bond acceptors (Lipinski definition) is 7. The topological polar surface area (TPSA) is 130 Å². The first-order chi connectivity index (χ1) is 16.2. The van der Waals surface area contributed by atoms with Crippen LogP contribution in [0.15, 0.2) is 66.7 Å². The molecule has 5 N–H and O–H groups in total. The first-order valence-corrected chi connectivity index (χ1v) is 12.8. The summed E-state index contributed by atoms with van der Waals surface area (Å²) in [5.41, 5.74) is 9.49. The summed E-state index contributed by atoms with van der Waals surface area (Å²) in [7, 11) is -3.35. The molecule has 0 spiro atoms. The van der Waals surface area contributed by atoms with E-state index in [1.807, 2.05) is 49.4 Å². The zero-order valence-corrected chi connectivity index (χ0v) is 19.8. The average Bonchev–Trinajstić information content (AvgIpc) is 2.82. The third-order valence-corrected chi connectivity index (χ3v) is 6.02. The number of sulfonamides is 1. The molecule has 176 valence electrons. The molecule has 0 aliphatic heterocycles. The molecule has 0 amide bonds. The van der Waals surface area contributed by atoms with Gasteiger partial charge in [0.05, 0.1) is 17.3 Å². The molecule has 1 aromatic heterocycles. The molecule has 4 aromatic rings. The number of para-hydroxylation sites is 1. The van der Waals surface area contributed by atoms with Crippen molar-refractivity contribution in [3.8, 4) is 28.3 Å². The minimum absolute atomic E-state index is 0.00549. The van der Waals surface area contributed by atoms with Crippen molar-refractivity contribution in [1.82, 2.24) is 9.97 Å². The lowest BCUT2D eigenvalue weighted by Crippen LogP contribution is -2.28. The Balaban J connectivity index is 1.73. The van der Waals surface area contributed by atoms with Crippen LogP contribution in [0.25, 0.3) is 33.4 Å². The quantitative estimate of drug-likeness (QED) is 0.299. The molecule has 0 saturated carbocycles. The first-order valence-electron chi connectivity index (χ1n) is 10.9. The number of aromatic nitrogens is 2. The van der Waals surface area contributed by atoms with Crippen molar-refractivity contribution in [2.24, 2.45) is 5.73 Å². The second kappa shape index (κ2) is 9.66. The van der Waals surface area contributed by atoms with Crippen molar-refractivity contribution in [3.05, 3.63) is 66.7 Å². The molecule has 0 bridgehead atoms. The van der Waals surface area contributed by atoms with Crippen molar-refractivity contribution in [2.75, 3.05) is 22.8 Å². The van der Waals surface area contributed by atoms with Crippen molar-refractivity contribution in [2.45, 2.75) is 19.4 Å². The molecule has 0 aliphatic rings.